The predicted octanol–water partition coefficient (Wildman–Crippen LogP) is 5.18. The number of methoxy groups -OCH3 is 1. The number of carbonyl (C=O) groups excluding carboxylic acids is 2. The number of halogens is 2. The second-order valence-electron chi connectivity index (χ2n) is 7.45. The van der Waals surface area contributed by atoms with Crippen LogP contribution in [0.25, 0.3) is 0 Å². The number of carbonyl (C=O) groups is 2. The summed E-state index contributed by atoms with van der Waals surface area (Å²) in [7, 11) is 1.63. The first kappa shape index (κ1) is 25.4. The molecule has 2 rings (SSSR count). The van der Waals surface area contributed by atoms with Crippen LogP contribution in [0.15, 0.2) is 42.5 Å². The lowest BCUT2D eigenvalue weighted by Gasteiger charge is -2.29. The summed E-state index contributed by atoms with van der Waals surface area (Å²) in [5, 5.41) is 3.74. The molecule has 0 saturated carbocycles. The summed E-state index contributed by atoms with van der Waals surface area (Å²) < 4.78 is 5.17. The number of amides is 2. The normalized spacial score (nSPS) is 11.8. The van der Waals surface area contributed by atoms with Crippen molar-refractivity contribution in [1.29, 1.82) is 0 Å². The maximum atomic E-state index is 13.1. The molecule has 0 heterocycles. The van der Waals surface area contributed by atoms with Crippen molar-refractivity contribution < 1.29 is 14.3 Å². The summed E-state index contributed by atoms with van der Waals surface area (Å²) in [5.74, 6) is 1.43. The van der Waals surface area contributed by atoms with Crippen LogP contribution in [0, 0.1) is 0 Å². The predicted molar refractivity (Wildman–Crippen MR) is 129 cm³/mol. The number of benzene rings is 2. The minimum atomic E-state index is -0.619. The molecule has 0 aliphatic rings. The van der Waals surface area contributed by atoms with Crippen LogP contribution >= 0.6 is 35.0 Å². The van der Waals surface area contributed by atoms with E-state index < -0.39 is 6.04 Å². The highest BCUT2D eigenvalue weighted by Crippen LogP contribution is 2.24. The molecule has 2 amide bonds. The van der Waals surface area contributed by atoms with Crippen LogP contribution in [0.3, 0.4) is 0 Å². The zero-order valence-corrected chi connectivity index (χ0v) is 20.5. The smallest absolute Gasteiger partial charge is 0.242 e. The highest BCUT2D eigenvalue weighted by Gasteiger charge is 2.26. The third-order valence-electron chi connectivity index (χ3n) is 4.59. The molecule has 0 aromatic heterocycles. The highest BCUT2D eigenvalue weighted by atomic mass is 35.5. The minimum absolute atomic E-state index is 0.0127. The van der Waals surface area contributed by atoms with Crippen molar-refractivity contribution in [2.75, 3.05) is 12.9 Å². The van der Waals surface area contributed by atoms with Gasteiger partial charge in [0.05, 0.1) is 22.9 Å². The van der Waals surface area contributed by atoms with Gasteiger partial charge >= 0.3 is 0 Å². The van der Waals surface area contributed by atoms with E-state index in [2.05, 4.69) is 5.32 Å². The molecule has 0 bridgehead atoms. The van der Waals surface area contributed by atoms with Gasteiger partial charge in [0.2, 0.25) is 11.8 Å². The SMILES string of the molecule is COc1ccc(CSCC(=O)N(Cc2ccc(Cl)c(Cl)c2)[C@H](C)C(=O)NC(C)C)cc1. The fraction of sp³-hybridized carbons (Fsp3) is 0.391. The topological polar surface area (TPSA) is 58.6 Å². The maximum Gasteiger partial charge on any atom is 0.242 e. The summed E-state index contributed by atoms with van der Waals surface area (Å²) in [6.45, 7) is 5.79. The first-order valence-electron chi connectivity index (χ1n) is 9.95. The van der Waals surface area contributed by atoms with E-state index in [1.165, 1.54) is 11.8 Å². The van der Waals surface area contributed by atoms with Gasteiger partial charge in [-0.2, -0.15) is 0 Å². The summed E-state index contributed by atoms with van der Waals surface area (Å²) in [6.07, 6.45) is 0. The average Bonchev–Trinajstić information content (AvgIpc) is 2.73. The summed E-state index contributed by atoms with van der Waals surface area (Å²) in [6, 6.07) is 12.3. The van der Waals surface area contributed by atoms with Gasteiger partial charge in [-0.05, 0) is 56.2 Å². The van der Waals surface area contributed by atoms with E-state index in [1.807, 2.05) is 44.2 Å². The Hall–Kier alpha value is -1.89. The summed E-state index contributed by atoms with van der Waals surface area (Å²) in [4.78, 5) is 27.2. The standard InChI is InChI=1S/C23H28Cl2N2O3S/c1-15(2)26-23(29)16(3)27(12-18-7-10-20(24)21(25)11-18)22(28)14-31-13-17-5-8-19(30-4)9-6-17/h5-11,15-16H,12-14H2,1-4H3,(H,26,29)/t16-/m1/s1. The quantitative estimate of drug-likeness (QED) is 0.506. The van der Waals surface area contributed by atoms with Gasteiger partial charge in [0.1, 0.15) is 11.8 Å². The molecule has 31 heavy (non-hydrogen) atoms. The van der Waals surface area contributed by atoms with Crippen molar-refractivity contribution in [1.82, 2.24) is 10.2 Å². The van der Waals surface area contributed by atoms with E-state index in [4.69, 9.17) is 27.9 Å². The van der Waals surface area contributed by atoms with Gasteiger partial charge in [0.25, 0.3) is 0 Å². The van der Waals surface area contributed by atoms with Gasteiger partial charge in [-0.3, -0.25) is 9.59 Å². The van der Waals surface area contributed by atoms with E-state index in [-0.39, 0.29) is 30.2 Å². The molecule has 0 radical (unpaired) electrons. The van der Waals surface area contributed by atoms with E-state index in [1.54, 1.807) is 31.1 Å². The molecule has 5 nitrogen and oxygen atoms in total. The van der Waals surface area contributed by atoms with Gasteiger partial charge in [0.15, 0.2) is 0 Å². The molecular weight excluding hydrogens is 455 g/mol. The molecule has 0 spiro atoms. The van der Waals surface area contributed by atoms with Gasteiger partial charge in [-0.1, -0.05) is 41.4 Å². The van der Waals surface area contributed by atoms with Gasteiger partial charge in [-0.25, -0.2) is 0 Å². The van der Waals surface area contributed by atoms with Crippen LogP contribution < -0.4 is 10.1 Å². The first-order valence-corrected chi connectivity index (χ1v) is 11.9. The first-order chi connectivity index (χ1) is 14.7. The maximum absolute atomic E-state index is 13.1. The van der Waals surface area contributed by atoms with Gasteiger partial charge < -0.3 is 15.0 Å². The summed E-state index contributed by atoms with van der Waals surface area (Å²) in [5.41, 5.74) is 1.91. The van der Waals surface area contributed by atoms with Crippen LogP contribution in [-0.4, -0.2) is 41.7 Å². The van der Waals surface area contributed by atoms with E-state index >= 15 is 0 Å². The van der Waals surface area contributed by atoms with Crippen molar-refractivity contribution >= 4 is 46.8 Å². The van der Waals surface area contributed by atoms with Gasteiger partial charge in [0, 0.05) is 18.3 Å². The number of thioether (sulfide) groups is 1. The monoisotopic (exact) mass is 482 g/mol. The second kappa shape index (κ2) is 12.2. The van der Waals surface area contributed by atoms with Gasteiger partial charge in [-0.15, -0.1) is 11.8 Å². The lowest BCUT2D eigenvalue weighted by Crippen LogP contribution is -2.49. The molecule has 0 fully saturated rings. The zero-order valence-electron chi connectivity index (χ0n) is 18.2. The number of nitrogens with one attached hydrogen (secondary N) is 1. The molecule has 0 aliphatic heterocycles. The Balaban J connectivity index is 2.08. The van der Waals surface area contributed by atoms with E-state index in [9.17, 15) is 9.59 Å². The van der Waals surface area contributed by atoms with Crippen molar-refractivity contribution in [3.8, 4) is 5.75 Å². The van der Waals surface area contributed by atoms with Crippen molar-refractivity contribution in [2.24, 2.45) is 0 Å². The Morgan fingerprint density at radius 1 is 1.03 bits per heavy atom. The lowest BCUT2D eigenvalue weighted by molar-refractivity contribution is -0.138. The van der Waals surface area contributed by atoms with Crippen molar-refractivity contribution in [3.05, 3.63) is 63.6 Å². The number of nitrogens with zero attached hydrogens (tertiary/aromatic N) is 1. The fourth-order valence-corrected chi connectivity index (χ4v) is 4.07. The van der Waals surface area contributed by atoms with Crippen molar-refractivity contribution in [2.45, 2.75) is 45.2 Å². The Bertz CT molecular complexity index is 891. The van der Waals surface area contributed by atoms with Crippen LogP contribution in [0.2, 0.25) is 10.0 Å². The van der Waals surface area contributed by atoms with E-state index in [0.717, 1.165) is 16.9 Å². The van der Waals surface area contributed by atoms with Crippen LogP contribution in [0.1, 0.15) is 31.9 Å². The third kappa shape index (κ3) is 7.95. The Morgan fingerprint density at radius 3 is 2.26 bits per heavy atom. The highest BCUT2D eigenvalue weighted by molar-refractivity contribution is 7.99. The second-order valence-corrected chi connectivity index (χ2v) is 9.25. The molecule has 0 saturated heterocycles. The molecule has 1 atom stereocenters. The van der Waals surface area contributed by atoms with E-state index in [0.29, 0.717) is 15.8 Å². The zero-order chi connectivity index (χ0) is 23.0. The Labute approximate surface area is 198 Å². The third-order valence-corrected chi connectivity index (χ3v) is 6.32. The molecule has 0 unspecified atom stereocenters. The molecule has 0 aliphatic carbocycles. The fourth-order valence-electron chi connectivity index (χ4n) is 2.88. The molecule has 8 heteroatoms. The number of hydrogen-bond donors (Lipinski definition) is 1. The molecule has 2 aromatic carbocycles. The lowest BCUT2D eigenvalue weighted by atomic mass is 10.1. The molecule has 1 N–H and O–H groups in total. The summed E-state index contributed by atoms with van der Waals surface area (Å²) >= 11 is 13.6. The number of ether oxygens (including phenoxy) is 1. The number of rotatable bonds is 10. The van der Waals surface area contributed by atoms with Crippen LogP contribution in [-0.2, 0) is 21.9 Å². The largest absolute Gasteiger partial charge is 0.497 e. The minimum Gasteiger partial charge on any atom is -0.497 e. The molecule has 168 valence electrons. The van der Waals surface area contributed by atoms with Crippen LogP contribution in [0.5, 0.6) is 5.75 Å². The Morgan fingerprint density at radius 2 is 1.68 bits per heavy atom. The molecule has 2 aromatic rings. The number of hydrogen-bond acceptors (Lipinski definition) is 4. The average molecular weight is 483 g/mol. The Kier molecular flexibility index (Phi) is 10.0. The molecular formula is C23H28Cl2N2O3S. The van der Waals surface area contributed by atoms with Crippen molar-refractivity contribution in [3.63, 3.8) is 0 Å². The van der Waals surface area contributed by atoms with Crippen LogP contribution in [0.4, 0.5) is 0 Å².